The summed E-state index contributed by atoms with van der Waals surface area (Å²) < 4.78 is 4.44. The molecule has 14 heavy (non-hydrogen) atoms. The number of rotatable bonds is 3. The number of hydrogen-bond acceptors (Lipinski definition) is 3. The lowest BCUT2D eigenvalue weighted by molar-refractivity contribution is -0.134. The number of hydrogen-bond donors (Lipinski definition) is 1. The Kier molecular flexibility index (Phi) is 3.73. The molecule has 0 aliphatic carbocycles. The molecule has 3 heteroatoms. The van der Waals surface area contributed by atoms with Crippen LogP contribution >= 0.6 is 0 Å². The van der Waals surface area contributed by atoms with Gasteiger partial charge in [-0.15, -0.1) is 0 Å². The summed E-state index contributed by atoms with van der Waals surface area (Å²) in [4.78, 5) is 10.7. The minimum absolute atomic E-state index is 0.241. The number of phenolic OH excluding ortho intramolecular Hbond substituents is 1. The summed E-state index contributed by atoms with van der Waals surface area (Å²) in [5.74, 6) is -0.116. The number of carbonyl (C=O) groups is 1. The van der Waals surface area contributed by atoms with E-state index < -0.39 is 0 Å². The lowest BCUT2D eigenvalue weighted by Gasteiger charge is -1.96. The molecule has 0 atom stereocenters. The van der Waals surface area contributed by atoms with Crippen LogP contribution in [0, 0.1) is 0 Å². The van der Waals surface area contributed by atoms with Crippen molar-refractivity contribution in [2.24, 2.45) is 0 Å². The molecule has 0 amide bonds. The molecule has 1 aromatic carbocycles. The normalized spacial score (nSPS) is 10.4. The quantitative estimate of drug-likeness (QED) is 0.585. The third kappa shape index (κ3) is 3.31. The molecule has 0 aliphatic rings. The maximum Gasteiger partial charge on any atom is 0.330 e. The van der Waals surface area contributed by atoms with E-state index >= 15 is 0 Å². The summed E-state index contributed by atoms with van der Waals surface area (Å²) in [6.07, 6.45) is 3.75. The Morgan fingerprint density at radius 3 is 2.64 bits per heavy atom. The number of methoxy groups -OCH3 is 1. The Labute approximate surface area is 82.6 Å². The van der Waals surface area contributed by atoms with Crippen molar-refractivity contribution in [1.29, 1.82) is 0 Å². The average molecular weight is 192 g/mol. The van der Waals surface area contributed by atoms with E-state index in [9.17, 15) is 4.79 Å². The van der Waals surface area contributed by atoms with E-state index in [1.807, 2.05) is 0 Å². The monoisotopic (exact) mass is 192 g/mol. The van der Waals surface area contributed by atoms with Crippen LogP contribution in [-0.2, 0) is 16.0 Å². The van der Waals surface area contributed by atoms with Crippen molar-refractivity contribution in [2.75, 3.05) is 7.11 Å². The van der Waals surface area contributed by atoms with Gasteiger partial charge < -0.3 is 9.84 Å². The second kappa shape index (κ2) is 5.07. The minimum Gasteiger partial charge on any atom is -0.508 e. The zero-order valence-electron chi connectivity index (χ0n) is 7.93. The summed E-state index contributed by atoms with van der Waals surface area (Å²) in [5, 5.41) is 9.02. The molecule has 0 fully saturated rings. The van der Waals surface area contributed by atoms with Crippen LogP contribution in [0.25, 0.3) is 0 Å². The SMILES string of the molecule is COC(=O)C=CCc1ccc(O)cc1. The fourth-order valence-corrected chi connectivity index (χ4v) is 0.991. The molecule has 3 nitrogen and oxygen atoms in total. The topological polar surface area (TPSA) is 46.5 Å². The van der Waals surface area contributed by atoms with Crippen molar-refractivity contribution in [3.63, 3.8) is 0 Å². The summed E-state index contributed by atoms with van der Waals surface area (Å²) in [6.45, 7) is 0. The fourth-order valence-electron chi connectivity index (χ4n) is 0.991. The predicted octanol–water partition coefficient (Wildman–Crippen LogP) is 1.66. The van der Waals surface area contributed by atoms with Gasteiger partial charge in [-0.05, 0) is 24.1 Å². The number of carbonyl (C=O) groups excluding carboxylic acids is 1. The van der Waals surface area contributed by atoms with Crippen LogP contribution in [0.3, 0.4) is 0 Å². The molecule has 0 saturated carbocycles. The Morgan fingerprint density at radius 2 is 2.07 bits per heavy atom. The van der Waals surface area contributed by atoms with Crippen LogP contribution in [0.4, 0.5) is 0 Å². The number of aromatic hydroxyl groups is 1. The second-order valence-corrected chi connectivity index (χ2v) is 2.80. The van der Waals surface area contributed by atoms with Crippen LogP contribution in [0.2, 0.25) is 0 Å². The Balaban J connectivity index is 2.49. The van der Waals surface area contributed by atoms with Crippen LogP contribution in [0.5, 0.6) is 5.75 Å². The molecular formula is C11H12O3. The first-order valence-corrected chi connectivity index (χ1v) is 4.25. The first-order valence-electron chi connectivity index (χ1n) is 4.25. The van der Waals surface area contributed by atoms with Crippen LogP contribution in [-0.4, -0.2) is 18.2 Å². The highest BCUT2D eigenvalue weighted by Gasteiger charge is 1.92. The maximum atomic E-state index is 10.7. The average Bonchev–Trinajstić information content (AvgIpc) is 2.21. The lowest BCUT2D eigenvalue weighted by atomic mass is 10.1. The standard InChI is InChI=1S/C11H12O3/c1-14-11(13)4-2-3-9-5-7-10(12)8-6-9/h2,4-8,12H,3H2,1H3. The van der Waals surface area contributed by atoms with Gasteiger partial charge in [0, 0.05) is 6.08 Å². The summed E-state index contributed by atoms with van der Waals surface area (Å²) >= 11 is 0. The number of phenols is 1. The molecule has 0 aliphatic heterocycles. The van der Waals surface area contributed by atoms with Gasteiger partial charge in [0.2, 0.25) is 0 Å². The van der Waals surface area contributed by atoms with E-state index in [1.165, 1.54) is 13.2 Å². The molecule has 0 radical (unpaired) electrons. The van der Waals surface area contributed by atoms with Gasteiger partial charge in [-0.2, -0.15) is 0 Å². The van der Waals surface area contributed by atoms with Crippen molar-refractivity contribution < 1.29 is 14.6 Å². The Hall–Kier alpha value is -1.77. The smallest absolute Gasteiger partial charge is 0.330 e. The maximum absolute atomic E-state index is 10.7. The number of benzene rings is 1. The molecule has 1 N–H and O–H groups in total. The van der Waals surface area contributed by atoms with Crippen molar-refractivity contribution in [3.8, 4) is 5.75 Å². The second-order valence-electron chi connectivity index (χ2n) is 2.80. The highest BCUT2D eigenvalue weighted by Crippen LogP contribution is 2.10. The lowest BCUT2D eigenvalue weighted by Crippen LogP contribution is -1.93. The van der Waals surface area contributed by atoms with Gasteiger partial charge in [0.1, 0.15) is 5.75 Å². The number of ether oxygens (including phenoxy) is 1. The van der Waals surface area contributed by atoms with Gasteiger partial charge >= 0.3 is 5.97 Å². The zero-order chi connectivity index (χ0) is 10.4. The molecule has 0 saturated heterocycles. The summed E-state index contributed by atoms with van der Waals surface area (Å²) in [7, 11) is 1.34. The fraction of sp³-hybridized carbons (Fsp3) is 0.182. The highest BCUT2D eigenvalue weighted by molar-refractivity contribution is 5.81. The van der Waals surface area contributed by atoms with Crippen LogP contribution < -0.4 is 0 Å². The molecule has 1 aromatic rings. The van der Waals surface area contributed by atoms with Gasteiger partial charge in [-0.1, -0.05) is 18.2 Å². The molecular weight excluding hydrogens is 180 g/mol. The van der Waals surface area contributed by atoms with E-state index in [0.717, 1.165) is 5.56 Å². The van der Waals surface area contributed by atoms with E-state index in [2.05, 4.69) is 4.74 Å². The summed E-state index contributed by atoms with van der Waals surface area (Å²) in [5.41, 5.74) is 1.03. The molecule has 0 aromatic heterocycles. The first-order chi connectivity index (χ1) is 6.72. The third-order valence-corrected chi connectivity index (χ3v) is 1.75. The molecule has 0 heterocycles. The van der Waals surface area contributed by atoms with Crippen LogP contribution in [0.1, 0.15) is 5.56 Å². The van der Waals surface area contributed by atoms with Crippen molar-refractivity contribution in [3.05, 3.63) is 42.0 Å². The summed E-state index contributed by atoms with van der Waals surface area (Å²) in [6, 6.07) is 6.83. The molecule has 0 bridgehead atoms. The minimum atomic E-state index is -0.358. The first kappa shape index (κ1) is 10.3. The highest BCUT2D eigenvalue weighted by atomic mass is 16.5. The number of esters is 1. The predicted molar refractivity (Wildman–Crippen MR) is 53.0 cm³/mol. The third-order valence-electron chi connectivity index (χ3n) is 1.75. The largest absolute Gasteiger partial charge is 0.508 e. The molecule has 74 valence electrons. The van der Waals surface area contributed by atoms with E-state index in [-0.39, 0.29) is 11.7 Å². The molecule has 1 rings (SSSR count). The Bertz CT molecular complexity index is 325. The molecule has 0 spiro atoms. The zero-order valence-corrected chi connectivity index (χ0v) is 7.93. The van der Waals surface area contributed by atoms with Gasteiger partial charge in [0.25, 0.3) is 0 Å². The van der Waals surface area contributed by atoms with Crippen molar-refractivity contribution >= 4 is 5.97 Å². The van der Waals surface area contributed by atoms with Crippen molar-refractivity contribution in [1.82, 2.24) is 0 Å². The van der Waals surface area contributed by atoms with E-state index in [4.69, 9.17) is 5.11 Å². The number of allylic oxidation sites excluding steroid dienone is 1. The van der Waals surface area contributed by atoms with Crippen LogP contribution in [0.15, 0.2) is 36.4 Å². The van der Waals surface area contributed by atoms with Gasteiger partial charge in [0.05, 0.1) is 7.11 Å². The van der Waals surface area contributed by atoms with Gasteiger partial charge in [-0.25, -0.2) is 4.79 Å². The van der Waals surface area contributed by atoms with Crippen molar-refractivity contribution in [2.45, 2.75) is 6.42 Å². The molecule has 0 unspecified atom stereocenters. The van der Waals surface area contributed by atoms with E-state index in [1.54, 1.807) is 30.3 Å². The van der Waals surface area contributed by atoms with Gasteiger partial charge in [-0.3, -0.25) is 0 Å². The Morgan fingerprint density at radius 1 is 1.43 bits per heavy atom. The van der Waals surface area contributed by atoms with Gasteiger partial charge in [0.15, 0.2) is 0 Å². The van der Waals surface area contributed by atoms with E-state index in [0.29, 0.717) is 6.42 Å².